The number of piperazine rings is 1. The SMILES string of the molecule is Cc1ccc(C)c(CC(F)(F)CN2CCNCC2)c1. The zero-order valence-corrected chi connectivity index (χ0v) is 11.7. The largest absolute Gasteiger partial charge is 0.314 e. The van der Waals surface area contributed by atoms with Crippen LogP contribution in [0.2, 0.25) is 0 Å². The van der Waals surface area contributed by atoms with Crippen molar-refractivity contribution in [2.45, 2.75) is 26.2 Å². The van der Waals surface area contributed by atoms with E-state index in [1.165, 1.54) is 0 Å². The van der Waals surface area contributed by atoms with E-state index in [4.69, 9.17) is 0 Å². The molecule has 1 aromatic carbocycles. The van der Waals surface area contributed by atoms with Crippen molar-refractivity contribution in [3.8, 4) is 0 Å². The third-order valence-corrected chi connectivity index (χ3v) is 3.62. The second kappa shape index (κ2) is 5.97. The van der Waals surface area contributed by atoms with Crippen LogP contribution in [-0.2, 0) is 6.42 Å². The van der Waals surface area contributed by atoms with Crippen molar-refractivity contribution < 1.29 is 8.78 Å². The van der Waals surface area contributed by atoms with Gasteiger partial charge in [0.25, 0.3) is 5.92 Å². The number of benzene rings is 1. The van der Waals surface area contributed by atoms with E-state index in [0.717, 1.165) is 29.8 Å². The van der Waals surface area contributed by atoms with E-state index in [-0.39, 0.29) is 13.0 Å². The van der Waals surface area contributed by atoms with E-state index in [2.05, 4.69) is 5.32 Å². The third kappa shape index (κ3) is 4.25. The van der Waals surface area contributed by atoms with E-state index in [0.29, 0.717) is 13.1 Å². The highest BCUT2D eigenvalue weighted by Gasteiger charge is 2.32. The second-order valence-corrected chi connectivity index (χ2v) is 5.49. The van der Waals surface area contributed by atoms with Gasteiger partial charge in [0.15, 0.2) is 0 Å². The molecule has 0 saturated carbocycles. The lowest BCUT2D eigenvalue weighted by molar-refractivity contribution is -0.0338. The molecule has 0 amide bonds. The Bertz CT molecular complexity index is 426. The Morgan fingerprint density at radius 1 is 1.21 bits per heavy atom. The van der Waals surface area contributed by atoms with Gasteiger partial charge in [-0.3, -0.25) is 4.90 Å². The van der Waals surface area contributed by atoms with Crippen molar-refractivity contribution in [2.24, 2.45) is 0 Å². The average Bonchev–Trinajstić information content (AvgIpc) is 2.34. The Morgan fingerprint density at radius 2 is 1.89 bits per heavy atom. The summed E-state index contributed by atoms with van der Waals surface area (Å²) in [5.41, 5.74) is 2.75. The summed E-state index contributed by atoms with van der Waals surface area (Å²) >= 11 is 0. The van der Waals surface area contributed by atoms with E-state index >= 15 is 0 Å². The highest BCUT2D eigenvalue weighted by atomic mass is 19.3. The normalized spacial score (nSPS) is 17.7. The summed E-state index contributed by atoms with van der Waals surface area (Å²) in [5, 5.41) is 3.18. The molecule has 0 radical (unpaired) electrons. The van der Waals surface area contributed by atoms with Gasteiger partial charge in [0.1, 0.15) is 0 Å². The molecule has 1 saturated heterocycles. The Hall–Kier alpha value is -1.00. The zero-order chi connectivity index (χ0) is 13.9. The van der Waals surface area contributed by atoms with Crippen molar-refractivity contribution >= 4 is 0 Å². The van der Waals surface area contributed by atoms with E-state index in [1.807, 2.05) is 36.9 Å². The van der Waals surface area contributed by atoms with Crippen LogP contribution in [-0.4, -0.2) is 43.5 Å². The monoisotopic (exact) mass is 268 g/mol. The smallest absolute Gasteiger partial charge is 0.264 e. The van der Waals surface area contributed by atoms with Gasteiger partial charge in [0.05, 0.1) is 6.54 Å². The quantitative estimate of drug-likeness (QED) is 0.902. The fourth-order valence-corrected chi connectivity index (χ4v) is 2.52. The van der Waals surface area contributed by atoms with Crippen LogP contribution in [0.3, 0.4) is 0 Å². The molecule has 0 aromatic heterocycles. The van der Waals surface area contributed by atoms with Gasteiger partial charge in [-0.05, 0) is 25.0 Å². The summed E-state index contributed by atoms with van der Waals surface area (Å²) in [6.07, 6.45) is -0.162. The molecule has 0 spiro atoms. The fourth-order valence-electron chi connectivity index (χ4n) is 2.52. The summed E-state index contributed by atoms with van der Waals surface area (Å²) in [4.78, 5) is 1.85. The van der Waals surface area contributed by atoms with Crippen molar-refractivity contribution in [3.05, 3.63) is 34.9 Å². The van der Waals surface area contributed by atoms with Crippen LogP contribution in [0.25, 0.3) is 0 Å². The topological polar surface area (TPSA) is 15.3 Å². The van der Waals surface area contributed by atoms with E-state index < -0.39 is 5.92 Å². The molecule has 106 valence electrons. The summed E-state index contributed by atoms with van der Waals surface area (Å²) in [7, 11) is 0. The van der Waals surface area contributed by atoms with Crippen LogP contribution in [0, 0.1) is 13.8 Å². The van der Waals surface area contributed by atoms with Gasteiger partial charge in [0, 0.05) is 32.6 Å². The number of nitrogens with one attached hydrogen (secondary N) is 1. The van der Waals surface area contributed by atoms with Crippen LogP contribution >= 0.6 is 0 Å². The number of rotatable bonds is 4. The molecule has 2 rings (SSSR count). The molecular formula is C15H22F2N2. The molecule has 0 aliphatic carbocycles. The van der Waals surface area contributed by atoms with Gasteiger partial charge < -0.3 is 5.32 Å². The predicted molar refractivity (Wildman–Crippen MR) is 73.9 cm³/mol. The van der Waals surface area contributed by atoms with Crippen LogP contribution in [0.4, 0.5) is 8.78 Å². The lowest BCUT2D eigenvalue weighted by atomic mass is 9.99. The van der Waals surface area contributed by atoms with Crippen molar-refractivity contribution in [3.63, 3.8) is 0 Å². The summed E-state index contributed by atoms with van der Waals surface area (Å²) < 4.78 is 28.3. The number of hydrogen-bond acceptors (Lipinski definition) is 2. The molecule has 0 bridgehead atoms. The molecule has 4 heteroatoms. The van der Waals surface area contributed by atoms with Crippen molar-refractivity contribution in [2.75, 3.05) is 32.7 Å². The first-order valence-corrected chi connectivity index (χ1v) is 6.83. The molecule has 2 nitrogen and oxygen atoms in total. The first-order valence-electron chi connectivity index (χ1n) is 6.83. The minimum Gasteiger partial charge on any atom is -0.314 e. The van der Waals surface area contributed by atoms with Gasteiger partial charge in [-0.25, -0.2) is 8.78 Å². The molecule has 1 fully saturated rings. The van der Waals surface area contributed by atoms with Crippen LogP contribution in [0.15, 0.2) is 18.2 Å². The first-order chi connectivity index (χ1) is 8.96. The number of halogens is 2. The molecule has 0 atom stereocenters. The Kier molecular flexibility index (Phi) is 4.53. The van der Waals surface area contributed by atoms with Crippen LogP contribution in [0.5, 0.6) is 0 Å². The zero-order valence-electron chi connectivity index (χ0n) is 11.7. The molecule has 1 aliphatic rings. The highest BCUT2D eigenvalue weighted by molar-refractivity contribution is 5.31. The van der Waals surface area contributed by atoms with Crippen LogP contribution in [0.1, 0.15) is 16.7 Å². The number of alkyl halides is 2. The average molecular weight is 268 g/mol. The van der Waals surface area contributed by atoms with Gasteiger partial charge in [-0.2, -0.15) is 0 Å². The van der Waals surface area contributed by atoms with Gasteiger partial charge in [0.2, 0.25) is 0 Å². The molecule has 1 N–H and O–H groups in total. The summed E-state index contributed by atoms with van der Waals surface area (Å²) in [6, 6.07) is 5.76. The maximum atomic E-state index is 14.1. The number of nitrogens with zero attached hydrogens (tertiary/aromatic N) is 1. The lowest BCUT2D eigenvalue weighted by Gasteiger charge is -2.31. The van der Waals surface area contributed by atoms with E-state index in [1.54, 1.807) is 0 Å². The molecular weight excluding hydrogens is 246 g/mol. The Balaban J connectivity index is 2.00. The minimum absolute atomic E-state index is 0.137. The predicted octanol–water partition coefficient (Wildman–Crippen LogP) is 2.39. The third-order valence-electron chi connectivity index (χ3n) is 3.62. The minimum atomic E-state index is -2.66. The molecule has 19 heavy (non-hydrogen) atoms. The van der Waals surface area contributed by atoms with Gasteiger partial charge in [-0.15, -0.1) is 0 Å². The number of aryl methyl sites for hydroxylation is 2. The summed E-state index contributed by atoms with van der Waals surface area (Å²) in [6.45, 7) is 6.74. The lowest BCUT2D eigenvalue weighted by Crippen LogP contribution is -2.48. The van der Waals surface area contributed by atoms with Crippen molar-refractivity contribution in [1.82, 2.24) is 10.2 Å². The summed E-state index contributed by atoms with van der Waals surface area (Å²) in [5.74, 6) is -2.66. The molecule has 1 aliphatic heterocycles. The highest BCUT2D eigenvalue weighted by Crippen LogP contribution is 2.24. The Morgan fingerprint density at radius 3 is 2.58 bits per heavy atom. The number of hydrogen-bond donors (Lipinski definition) is 1. The molecule has 1 heterocycles. The van der Waals surface area contributed by atoms with Gasteiger partial charge in [-0.1, -0.05) is 23.8 Å². The standard InChI is InChI=1S/C15H22F2N2/c1-12-3-4-13(2)14(9-12)10-15(16,17)11-19-7-5-18-6-8-19/h3-4,9,18H,5-8,10-11H2,1-2H3. The second-order valence-electron chi connectivity index (χ2n) is 5.49. The van der Waals surface area contributed by atoms with Crippen molar-refractivity contribution in [1.29, 1.82) is 0 Å². The molecule has 0 unspecified atom stereocenters. The molecule has 1 aromatic rings. The van der Waals surface area contributed by atoms with Gasteiger partial charge >= 0.3 is 0 Å². The van der Waals surface area contributed by atoms with Crippen LogP contribution < -0.4 is 5.32 Å². The Labute approximate surface area is 113 Å². The first kappa shape index (κ1) is 14.4. The fraction of sp³-hybridized carbons (Fsp3) is 0.600. The maximum absolute atomic E-state index is 14.1. The van der Waals surface area contributed by atoms with E-state index in [9.17, 15) is 8.78 Å². The maximum Gasteiger partial charge on any atom is 0.264 e.